The molecular formula is C19H20O. The first-order valence-corrected chi connectivity index (χ1v) is 7.76. The van der Waals surface area contributed by atoms with Crippen LogP contribution in [0.2, 0.25) is 0 Å². The molecule has 1 heteroatoms. The van der Waals surface area contributed by atoms with Crippen LogP contribution in [-0.2, 0) is 0 Å². The van der Waals surface area contributed by atoms with E-state index in [4.69, 9.17) is 0 Å². The number of fused-ring (bicyclic) bond motifs is 3. The van der Waals surface area contributed by atoms with Crippen molar-refractivity contribution in [2.75, 3.05) is 0 Å². The fourth-order valence-electron chi connectivity index (χ4n) is 4.43. The second-order valence-corrected chi connectivity index (χ2v) is 6.62. The van der Waals surface area contributed by atoms with Crippen LogP contribution in [0.4, 0.5) is 0 Å². The second kappa shape index (κ2) is 4.44. The molecule has 0 radical (unpaired) electrons. The zero-order chi connectivity index (χ0) is 13.7. The van der Waals surface area contributed by atoms with E-state index in [0.717, 1.165) is 23.3 Å². The summed E-state index contributed by atoms with van der Waals surface area (Å²) >= 11 is 0. The van der Waals surface area contributed by atoms with E-state index >= 15 is 0 Å². The van der Waals surface area contributed by atoms with Crippen LogP contribution < -0.4 is 0 Å². The summed E-state index contributed by atoms with van der Waals surface area (Å²) < 4.78 is 0. The third-order valence-electron chi connectivity index (χ3n) is 5.48. The molecule has 3 unspecified atom stereocenters. The molecule has 2 aliphatic carbocycles. The molecule has 2 aliphatic rings. The van der Waals surface area contributed by atoms with E-state index < -0.39 is 0 Å². The van der Waals surface area contributed by atoms with E-state index in [1.807, 2.05) is 12.1 Å². The average molecular weight is 264 g/mol. The van der Waals surface area contributed by atoms with E-state index in [0.29, 0.717) is 17.6 Å². The van der Waals surface area contributed by atoms with Gasteiger partial charge in [0, 0.05) is 11.5 Å². The van der Waals surface area contributed by atoms with Gasteiger partial charge < -0.3 is 0 Å². The summed E-state index contributed by atoms with van der Waals surface area (Å²) in [6.45, 7) is 2.12. The van der Waals surface area contributed by atoms with Crippen molar-refractivity contribution in [3.63, 3.8) is 0 Å². The van der Waals surface area contributed by atoms with Crippen LogP contribution in [0.15, 0.2) is 36.4 Å². The van der Waals surface area contributed by atoms with Crippen LogP contribution in [0.1, 0.15) is 41.6 Å². The van der Waals surface area contributed by atoms with Crippen molar-refractivity contribution in [3.05, 3.63) is 47.5 Å². The molecule has 1 nitrogen and oxygen atoms in total. The lowest BCUT2D eigenvalue weighted by Gasteiger charge is -2.21. The predicted octanol–water partition coefficient (Wildman–Crippen LogP) is 4.77. The average Bonchev–Trinajstić information content (AvgIpc) is 3.10. The highest BCUT2D eigenvalue weighted by molar-refractivity contribution is 6.10. The monoisotopic (exact) mass is 264 g/mol. The maximum atomic E-state index is 13.0. The van der Waals surface area contributed by atoms with Crippen LogP contribution in [-0.4, -0.2) is 5.78 Å². The molecule has 102 valence electrons. The van der Waals surface area contributed by atoms with Crippen LogP contribution >= 0.6 is 0 Å². The Labute approximate surface area is 120 Å². The number of hydrogen-bond donors (Lipinski definition) is 0. The van der Waals surface area contributed by atoms with Crippen molar-refractivity contribution in [1.29, 1.82) is 0 Å². The van der Waals surface area contributed by atoms with Gasteiger partial charge in [-0.05, 0) is 54.4 Å². The zero-order valence-electron chi connectivity index (χ0n) is 11.9. The Hall–Kier alpha value is -1.63. The molecule has 3 atom stereocenters. The van der Waals surface area contributed by atoms with Crippen molar-refractivity contribution in [2.45, 2.75) is 32.6 Å². The molecule has 4 rings (SSSR count). The van der Waals surface area contributed by atoms with Gasteiger partial charge in [-0.1, -0.05) is 42.8 Å². The first-order valence-electron chi connectivity index (χ1n) is 7.76. The molecule has 0 heterocycles. The summed E-state index contributed by atoms with van der Waals surface area (Å²) in [5.74, 6) is 2.17. The minimum Gasteiger partial charge on any atom is -0.294 e. The topological polar surface area (TPSA) is 17.1 Å². The summed E-state index contributed by atoms with van der Waals surface area (Å²) in [6, 6.07) is 12.5. The fourth-order valence-corrected chi connectivity index (χ4v) is 4.43. The molecule has 0 N–H and O–H groups in total. The molecule has 0 spiro atoms. The SMILES string of the molecule is Cc1ccc(C(=O)C2CC3CCC2C3)c2ccccc12. The highest BCUT2D eigenvalue weighted by Gasteiger charge is 2.43. The summed E-state index contributed by atoms with van der Waals surface area (Å²) in [7, 11) is 0. The Balaban J connectivity index is 1.79. The van der Waals surface area contributed by atoms with Gasteiger partial charge in [0.2, 0.25) is 0 Å². The minimum absolute atomic E-state index is 0.292. The number of rotatable bonds is 2. The molecule has 2 aromatic carbocycles. The third kappa shape index (κ3) is 1.72. The maximum absolute atomic E-state index is 13.0. The summed E-state index contributed by atoms with van der Waals surface area (Å²) in [6.07, 6.45) is 5.04. The number of ketones is 1. The van der Waals surface area contributed by atoms with Crippen molar-refractivity contribution >= 4 is 16.6 Å². The summed E-state index contributed by atoms with van der Waals surface area (Å²) in [5, 5.41) is 2.36. The van der Waals surface area contributed by atoms with E-state index in [2.05, 4.69) is 31.2 Å². The zero-order valence-corrected chi connectivity index (χ0v) is 11.9. The Morgan fingerprint density at radius 1 is 1.00 bits per heavy atom. The van der Waals surface area contributed by atoms with Gasteiger partial charge >= 0.3 is 0 Å². The quantitative estimate of drug-likeness (QED) is 0.714. The van der Waals surface area contributed by atoms with Crippen LogP contribution in [0.5, 0.6) is 0 Å². The van der Waals surface area contributed by atoms with Gasteiger partial charge in [-0.25, -0.2) is 0 Å². The van der Waals surface area contributed by atoms with Gasteiger partial charge in [-0.3, -0.25) is 4.79 Å². The maximum Gasteiger partial charge on any atom is 0.166 e. The first kappa shape index (κ1) is 12.1. The van der Waals surface area contributed by atoms with Crippen molar-refractivity contribution < 1.29 is 4.79 Å². The normalized spacial score (nSPS) is 28.1. The molecule has 0 amide bonds. The van der Waals surface area contributed by atoms with Crippen LogP contribution in [0.3, 0.4) is 0 Å². The Bertz CT molecular complexity index is 685. The lowest BCUT2D eigenvalue weighted by molar-refractivity contribution is 0.0876. The highest BCUT2D eigenvalue weighted by Crippen LogP contribution is 2.49. The van der Waals surface area contributed by atoms with Crippen molar-refractivity contribution in [1.82, 2.24) is 0 Å². The molecule has 2 saturated carbocycles. The third-order valence-corrected chi connectivity index (χ3v) is 5.48. The Morgan fingerprint density at radius 3 is 2.50 bits per heavy atom. The van der Waals surface area contributed by atoms with E-state index in [-0.39, 0.29) is 0 Å². The predicted molar refractivity (Wildman–Crippen MR) is 82.0 cm³/mol. The standard InChI is InChI=1S/C19H20O/c1-12-6-9-17(16-5-3-2-4-15(12)16)19(20)18-11-13-7-8-14(18)10-13/h2-6,9,13-14,18H,7-8,10-11H2,1H3. The van der Waals surface area contributed by atoms with Gasteiger partial charge in [-0.15, -0.1) is 0 Å². The molecule has 0 aromatic heterocycles. The molecule has 2 fully saturated rings. The number of carbonyl (C=O) groups is 1. The van der Waals surface area contributed by atoms with Gasteiger partial charge in [0.05, 0.1) is 0 Å². The molecule has 20 heavy (non-hydrogen) atoms. The molecule has 2 aromatic rings. The Morgan fingerprint density at radius 2 is 1.80 bits per heavy atom. The molecular weight excluding hydrogens is 244 g/mol. The number of hydrogen-bond acceptors (Lipinski definition) is 1. The van der Waals surface area contributed by atoms with Crippen LogP contribution in [0.25, 0.3) is 10.8 Å². The second-order valence-electron chi connectivity index (χ2n) is 6.62. The lowest BCUT2D eigenvalue weighted by atomic mass is 9.82. The van der Waals surface area contributed by atoms with Crippen LogP contribution in [0, 0.1) is 24.7 Å². The molecule has 2 bridgehead atoms. The number of aryl methyl sites for hydroxylation is 1. The summed E-state index contributed by atoms with van der Waals surface area (Å²) in [4.78, 5) is 13.0. The Kier molecular flexibility index (Phi) is 2.70. The number of carbonyl (C=O) groups excluding carboxylic acids is 1. The van der Waals surface area contributed by atoms with Gasteiger partial charge in [0.1, 0.15) is 0 Å². The highest BCUT2D eigenvalue weighted by atomic mass is 16.1. The van der Waals surface area contributed by atoms with Gasteiger partial charge in [0.25, 0.3) is 0 Å². The van der Waals surface area contributed by atoms with E-state index in [1.165, 1.54) is 30.2 Å². The smallest absolute Gasteiger partial charge is 0.166 e. The van der Waals surface area contributed by atoms with E-state index in [9.17, 15) is 4.79 Å². The van der Waals surface area contributed by atoms with Crippen molar-refractivity contribution in [3.8, 4) is 0 Å². The number of benzene rings is 2. The largest absolute Gasteiger partial charge is 0.294 e. The van der Waals surface area contributed by atoms with E-state index in [1.54, 1.807) is 0 Å². The lowest BCUT2D eigenvalue weighted by Crippen LogP contribution is -2.21. The first-order chi connectivity index (χ1) is 9.74. The number of Topliss-reactive ketones (excluding diaryl/α,β-unsaturated/α-hetero) is 1. The van der Waals surface area contributed by atoms with Gasteiger partial charge in [-0.2, -0.15) is 0 Å². The fraction of sp³-hybridized carbons (Fsp3) is 0.421. The molecule has 0 saturated heterocycles. The summed E-state index contributed by atoms with van der Waals surface area (Å²) in [5.41, 5.74) is 2.20. The molecule has 0 aliphatic heterocycles. The minimum atomic E-state index is 0.292. The van der Waals surface area contributed by atoms with Gasteiger partial charge in [0.15, 0.2) is 5.78 Å². The van der Waals surface area contributed by atoms with Crippen molar-refractivity contribution in [2.24, 2.45) is 17.8 Å².